The number of alkyl halides is 3. The number of hydrogen-bond acceptors (Lipinski definition) is 8. The number of piperazine rings is 1. The third-order valence-corrected chi connectivity index (χ3v) is 14.3. The summed E-state index contributed by atoms with van der Waals surface area (Å²) in [4.78, 5) is 20.5. The molecule has 6 aromatic rings. The van der Waals surface area contributed by atoms with Crippen molar-refractivity contribution in [3.63, 3.8) is 0 Å². The molecule has 0 saturated carbocycles. The van der Waals surface area contributed by atoms with E-state index in [9.17, 15) is 30.9 Å². The molecule has 16 heteroatoms. The lowest BCUT2D eigenvalue weighted by molar-refractivity contribution is -0.0435. The van der Waals surface area contributed by atoms with Crippen LogP contribution in [0.25, 0.3) is 22.0 Å². The van der Waals surface area contributed by atoms with E-state index in [0.717, 1.165) is 71.1 Å². The highest BCUT2D eigenvalue weighted by Gasteiger charge is 2.47. The Morgan fingerprint density at radius 1 is 0.871 bits per heavy atom. The van der Waals surface area contributed by atoms with Crippen LogP contribution in [0.1, 0.15) is 39.9 Å². The van der Waals surface area contributed by atoms with Gasteiger partial charge in [-0.15, -0.1) is 13.2 Å². The maximum Gasteiger partial charge on any atom is 0.578 e. The van der Waals surface area contributed by atoms with Crippen LogP contribution in [0.3, 0.4) is 0 Å². The molecule has 2 aliphatic heterocycles. The van der Waals surface area contributed by atoms with Crippen LogP contribution in [0.15, 0.2) is 125 Å². The number of carbonyl (C=O) groups excluding carboxylic acids is 1. The van der Waals surface area contributed by atoms with Crippen LogP contribution in [-0.2, 0) is 38.9 Å². The van der Waals surface area contributed by atoms with E-state index in [4.69, 9.17) is 16.3 Å². The average molecular weight is 904 g/mol. The number of carbonyl (C=O) groups is 1. The number of hydrogen-bond donors (Lipinski definition) is 3. The molecule has 62 heavy (non-hydrogen) atoms. The molecule has 0 bridgehead atoms. The molecule has 1 atom stereocenters. The second-order valence-corrected chi connectivity index (χ2v) is 19.1. The molecule has 3 heterocycles. The smallest absolute Gasteiger partial charge is 0.578 e. The summed E-state index contributed by atoms with van der Waals surface area (Å²) >= 11 is 2.60. The van der Waals surface area contributed by atoms with Crippen molar-refractivity contribution >= 4 is 61.0 Å². The van der Waals surface area contributed by atoms with Crippen LogP contribution >= 0.6 is 11.6 Å². The minimum Gasteiger partial charge on any atom is -0.604 e. The van der Waals surface area contributed by atoms with E-state index in [1.165, 1.54) is 5.56 Å². The number of fused-ring (bicyclic) bond motifs is 1. The molecule has 5 aromatic carbocycles. The Morgan fingerprint density at radius 2 is 1.61 bits per heavy atom. The van der Waals surface area contributed by atoms with Gasteiger partial charge < -0.3 is 24.5 Å². The Morgan fingerprint density at radius 3 is 2.37 bits per heavy atom. The number of anilines is 2. The number of benzene rings is 5. The largest absolute Gasteiger partial charge is 0.604 e. The average Bonchev–Trinajstić information content (AvgIpc) is 3.76. The monoisotopic (exact) mass is 903 g/mol. The van der Waals surface area contributed by atoms with Crippen molar-refractivity contribution in [3.8, 4) is 11.1 Å². The molecule has 2 aliphatic rings. The summed E-state index contributed by atoms with van der Waals surface area (Å²) < 4.78 is 89.3. The maximum atomic E-state index is 14.0. The number of halogens is 4. The Balaban J connectivity index is 1.03. The molecule has 2 saturated heterocycles. The highest BCUT2D eigenvalue weighted by Crippen LogP contribution is 2.37. The number of aromatic nitrogens is 1. The summed E-state index contributed by atoms with van der Waals surface area (Å²) in [6, 6.07) is 32.1. The van der Waals surface area contributed by atoms with Crippen LogP contribution in [-0.4, -0.2) is 80.2 Å². The van der Waals surface area contributed by atoms with E-state index in [1.807, 2.05) is 72.9 Å². The Kier molecular flexibility index (Phi) is 13.2. The van der Waals surface area contributed by atoms with Gasteiger partial charge in [0.05, 0.1) is 10.6 Å². The standard InChI is InChI=1S/C46H45ClF3N5O5S2/c47-36-10-8-32(9-11-36)39-6-2-1-4-34(39)30-54-20-22-55(23-21-54)37-12-14-41(35(27-37)26-33-5-3-7-42-40(33)16-19-51-42)45(56)53-62(58,59)38-13-15-43(44(28-38)61(57)46(48,49)50)52-29-31-17-24-60-25-18-31/h1-16,19,27-28,31,51-52H,17-18,20-26,29-30H2,(H,53,56). The molecule has 3 N–H and O–H groups in total. The lowest BCUT2D eigenvalue weighted by Crippen LogP contribution is -2.46. The Hall–Kier alpha value is -5.03. The van der Waals surface area contributed by atoms with Gasteiger partial charge in [-0.3, -0.25) is 9.69 Å². The zero-order valence-electron chi connectivity index (χ0n) is 33.6. The predicted molar refractivity (Wildman–Crippen MR) is 238 cm³/mol. The van der Waals surface area contributed by atoms with Crippen molar-refractivity contribution in [3.05, 3.63) is 143 Å². The molecule has 0 aliphatic carbocycles. The lowest BCUT2D eigenvalue weighted by atomic mass is 9.96. The summed E-state index contributed by atoms with van der Waals surface area (Å²) in [5.74, 6) is -0.834. The fourth-order valence-corrected chi connectivity index (χ4v) is 10.2. The number of H-pyrrole nitrogens is 1. The quantitative estimate of drug-likeness (QED) is 0.0981. The van der Waals surface area contributed by atoms with E-state index in [1.54, 1.807) is 12.1 Å². The van der Waals surface area contributed by atoms with E-state index in [2.05, 4.69) is 37.0 Å². The van der Waals surface area contributed by atoms with Gasteiger partial charge in [-0.25, -0.2) is 13.1 Å². The third-order valence-electron chi connectivity index (χ3n) is 11.5. The first-order valence-corrected chi connectivity index (χ1v) is 23.3. The highest BCUT2D eigenvalue weighted by molar-refractivity contribution is 7.92. The number of amides is 1. The molecule has 2 fully saturated rings. The fraction of sp³-hybridized carbons (Fsp3) is 0.283. The number of sulfonamides is 1. The molecule has 1 aromatic heterocycles. The van der Waals surface area contributed by atoms with E-state index < -0.39 is 42.4 Å². The first-order chi connectivity index (χ1) is 29.8. The van der Waals surface area contributed by atoms with Gasteiger partial charge in [0.15, 0.2) is 4.90 Å². The van der Waals surface area contributed by atoms with Gasteiger partial charge in [0.1, 0.15) is 11.2 Å². The summed E-state index contributed by atoms with van der Waals surface area (Å²) in [5, 5.41) is 4.56. The van der Waals surface area contributed by atoms with Crippen LogP contribution in [0.4, 0.5) is 24.5 Å². The highest BCUT2D eigenvalue weighted by atomic mass is 35.5. The minimum absolute atomic E-state index is 0.0937. The van der Waals surface area contributed by atoms with Gasteiger partial charge in [-0.1, -0.05) is 60.1 Å². The number of aromatic amines is 1. The molecule has 324 valence electrons. The number of ether oxygens (including phenoxy) is 1. The minimum atomic E-state index is -5.16. The Bertz CT molecular complexity index is 2650. The predicted octanol–water partition coefficient (Wildman–Crippen LogP) is 8.99. The molecule has 0 radical (unpaired) electrons. The van der Waals surface area contributed by atoms with Crippen LogP contribution in [0, 0.1) is 5.92 Å². The van der Waals surface area contributed by atoms with Crippen molar-refractivity contribution in [2.45, 2.75) is 41.1 Å². The van der Waals surface area contributed by atoms with E-state index in [0.29, 0.717) is 56.3 Å². The van der Waals surface area contributed by atoms with Crippen molar-refractivity contribution in [1.82, 2.24) is 14.6 Å². The van der Waals surface area contributed by atoms with E-state index in [-0.39, 0.29) is 23.6 Å². The first-order valence-electron chi connectivity index (χ1n) is 20.3. The topological polar surface area (TPSA) is 130 Å². The van der Waals surface area contributed by atoms with Crippen LogP contribution in [0.5, 0.6) is 0 Å². The molecule has 1 amide bonds. The SMILES string of the molecule is O=C(NS(=O)(=O)c1ccc(NCC2CCOCC2)c([S+]([O-])C(F)(F)F)c1)c1ccc(N2CCN(Cc3ccccc3-c3ccc(Cl)cc3)CC2)cc1Cc1cccc2[nH]ccc12. The summed E-state index contributed by atoms with van der Waals surface area (Å²) in [5.41, 5.74) is 1.53. The fourth-order valence-electron chi connectivity index (χ4n) is 8.16. The third kappa shape index (κ3) is 10.1. The van der Waals surface area contributed by atoms with Crippen LogP contribution < -0.4 is 14.9 Å². The van der Waals surface area contributed by atoms with Crippen LogP contribution in [0.2, 0.25) is 5.02 Å². The second kappa shape index (κ2) is 18.8. The van der Waals surface area contributed by atoms with Gasteiger partial charge in [0, 0.05) is 91.9 Å². The molecule has 10 nitrogen and oxygen atoms in total. The summed E-state index contributed by atoms with van der Waals surface area (Å²) in [7, 11) is -4.73. The number of rotatable bonds is 13. The molecular formula is C46H45ClF3N5O5S2. The van der Waals surface area contributed by atoms with E-state index >= 15 is 0 Å². The molecule has 1 unspecified atom stereocenters. The normalized spacial score (nSPS) is 16.0. The molecular weight excluding hydrogens is 859 g/mol. The summed E-state index contributed by atoms with van der Waals surface area (Å²) in [6.45, 7) is 5.06. The summed E-state index contributed by atoms with van der Waals surface area (Å²) in [6.07, 6.45) is 3.51. The second-order valence-electron chi connectivity index (χ2n) is 15.5. The van der Waals surface area contributed by atoms with Gasteiger partial charge in [-0.2, -0.15) is 0 Å². The molecule has 0 spiro atoms. The number of nitrogens with zero attached hydrogens (tertiary/aromatic N) is 2. The zero-order chi connectivity index (χ0) is 43.4. The van der Waals surface area contributed by atoms with Gasteiger partial charge in [0.2, 0.25) is 0 Å². The van der Waals surface area contributed by atoms with Crippen molar-refractivity contribution in [2.75, 3.05) is 56.2 Å². The Labute approximate surface area is 366 Å². The maximum absolute atomic E-state index is 14.0. The van der Waals surface area contributed by atoms with Crippen molar-refractivity contribution in [1.29, 1.82) is 0 Å². The van der Waals surface area contributed by atoms with Gasteiger partial charge in [-0.05, 0) is 108 Å². The lowest BCUT2D eigenvalue weighted by Gasteiger charge is -2.36. The zero-order valence-corrected chi connectivity index (χ0v) is 36.0. The first kappa shape index (κ1) is 43.6. The van der Waals surface area contributed by atoms with Gasteiger partial charge >= 0.3 is 5.51 Å². The van der Waals surface area contributed by atoms with Crippen molar-refractivity contribution < 1.29 is 35.7 Å². The van der Waals surface area contributed by atoms with Gasteiger partial charge in [0.25, 0.3) is 15.9 Å². The number of nitrogens with one attached hydrogen (secondary N) is 3. The molecule has 8 rings (SSSR count). The van der Waals surface area contributed by atoms with Crippen molar-refractivity contribution in [2.24, 2.45) is 5.92 Å².